The number of rotatable bonds is 9. The maximum atomic E-state index is 13.5. The Morgan fingerprint density at radius 2 is 1.58 bits per heavy atom. The average Bonchev–Trinajstić information content (AvgIpc) is 3.18. The minimum absolute atomic E-state index is 0.0737. The second-order valence-corrected chi connectivity index (χ2v) is 8.84. The van der Waals surface area contributed by atoms with Crippen LogP contribution in [0.1, 0.15) is 29.7 Å². The SMILES string of the molecule is CCOc1ccc(C2/C(=C(\O)c3cc(OC)c(Cl)cc3OC)C(=O)C(=O)N2Cc2ccccc2OC)cc1. The number of methoxy groups -OCH3 is 3. The lowest BCUT2D eigenvalue weighted by Crippen LogP contribution is -2.29. The number of benzene rings is 3. The number of Topliss-reactive ketones (excluding diaryl/α,β-unsaturated/α-hetero) is 1. The van der Waals surface area contributed by atoms with Crippen molar-refractivity contribution in [2.24, 2.45) is 0 Å². The number of hydrogen-bond donors (Lipinski definition) is 1. The van der Waals surface area contributed by atoms with Gasteiger partial charge in [-0.25, -0.2) is 0 Å². The van der Waals surface area contributed by atoms with E-state index >= 15 is 0 Å². The van der Waals surface area contributed by atoms with Gasteiger partial charge in [-0.1, -0.05) is 41.9 Å². The van der Waals surface area contributed by atoms with Crippen LogP contribution in [0.4, 0.5) is 0 Å². The highest BCUT2D eigenvalue weighted by Crippen LogP contribution is 2.44. The molecule has 1 unspecified atom stereocenters. The van der Waals surface area contributed by atoms with Crippen molar-refractivity contribution >= 4 is 29.1 Å². The van der Waals surface area contributed by atoms with Crippen LogP contribution in [0.5, 0.6) is 23.0 Å². The number of carbonyl (C=O) groups excluding carboxylic acids is 2. The summed E-state index contributed by atoms with van der Waals surface area (Å²) < 4.78 is 21.8. The van der Waals surface area contributed by atoms with E-state index in [0.717, 1.165) is 0 Å². The van der Waals surface area contributed by atoms with Gasteiger partial charge in [-0.3, -0.25) is 9.59 Å². The summed E-state index contributed by atoms with van der Waals surface area (Å²) in [4.78, 5) is 28.3. The quantitative estimate of drug-likeness (QED) is 0.222. The molecule has 198 valence electrons. The summed E-state index contributed by atoms with van der Waals surface area (Å²) in [6.07, 6.45) is 0. The zero-order valence-electron chi connectivity index (χ0n) is 21.5. The van der Waals surface area contributed by atoms with Crippen LogP contribution in [-0.2, 0) is 16.1 Å². The number of aliphatic hydroxyl groups excluding tert-OH is 1. The van der Waals surface area contributed by atoms with Crippen LogP contribution in [0.25, 0.3) is 5.76 Å². The molecule has 38 heavy (non-hydrogen) atoms. The van der Waals surface area contributed by atoms with Crippen molar-refractivity contribution in [3.63, 3.8) is 0 Å². The van der Waals surface area contributed by atoms with E-state index in [1.165, 1.54) is 38.4 Å². The van der Waals surface area contributed by atoms with Crippen molar-refractivity contribution in [1.82, 2.24) is 4.90 Å². The third kappa shape index (κ3) is 4.99. The van der Waals surface area contributed by atoms with E-state index in [-0.39, 0.29) is 34.2 Å². The van der Waals surface area contributed by atoms with Crippen molar-refractivity contribution in [3.05, 3.63) is 87.9 Å². The fourth-order valence-electron chi connectivity index (χ4n) is 4.51. The number of carbonyl (C=O) groups is 2. The van der Waals surface area contributed by atoms with Crippen molar-refractivity contribution in [1.29, 1.82) is 0 Å². The van der Waals surface area contributed by atoms with Crippen molar-refractivity contribution in [2.75, 3.05) is 27.9 Å². The fourth-order valence-corrected chi connectivity index (χ4v) is 4.74. The van der Waals surface area contributed by atoms with E-state index < -0.39 is 23.5 Å². The van der Waals surface area contributed by atoms with Crippen molar-refractivity contribution in [3.8, 4) is 23.0 Å². The highest BCUT2D eigenvalue weighted by Gasteiger charge is 2.46. The largest absolute Gasteiger partial charge is 0.507 e. The number of ketones is 1. The summed E-state index contributed by atoms with van der Waals surface area (Å²) in [5.41, 5.74) is 1.40. The van der Waals surface area contributed by atoms with Crippen molar-refractivity contribution in [2.45, 2.75) is 19.5 Å². The molecule has 3 aromatic rings. The maximum Gasteiger partial charge on any atom is 0.295 e. The van der Waals surface area contributed by atoms with Gasteiger partial charge >= 0.3 is 0 Å². The molecule has 1 heterocycles. The van der Waals surface area contributed by atoms with Gasteiger partial charge in [-0.05, 0) is 36.8 Å². The van der Waals surface area contributed by atoms with E-state index in [1.54, 1.807) is 30.3 Å². The summed E-state index contributed by atoms with van der Waals surface area (Å²) in [6.45, 7) is 2.44. The molecule has 1 amide bonds. The van der Waals surface area contributed by atoms with Crippen LogP contribution in [-0.4, -0.2) is 49.6 Å². The molecule has 1 fully saturated rings. The van der Waals surface area contributed by atoms with Gasteiger partial charge in [0.25, 0.3) is 11.7 Å². The number of aliphatic hydroxyl groups is 1. The molecule has 0 aromatic heterocycles. The van der Waals surface area contributed by atoms with E-state index in [0.29, 0.717) is 29.2 Å². The number of nitrogens with zero attached hydrogens (tertiary/aromatic N) is 1. The summed E-state index contributed by atoms with van der Waals surface area (Å²) in [5, 5.41) is 11.8. The third-order valence-electron chi connectivity index (χ3n) is 6.31. The molecular formula is C29H28ClNO7. The van der Waals surface area contributed by atoms with Crippen LogP contribution in [0.15, 0.2) is 66.2 Å². The van der Waals surface area contributed by atoms with Crippen LogP contribution >= 0.6 is 11.6 Å². The molecule has 9 heteroatoms. The van der Waals surface area contributed by atoms with Gasteiger partial charge in [-0.15, -0.1) is 0 Å². The molecule has 4 rings (SSSR count). The zero-order valence-corrected chi connectivity index (χ0v) is 22.2. The normalized spacial score (nSPS) is 16.4. The number of amides is 1. The van der Waals surface area contributed by atoms with E-state index in [9.17, 15) is 14.7 Å². The lowest BCUT2D eigenvalue weighted by Gasteiger charge is -2.26. The van der Waals surface area contributed by atoms with Gasteiger partial charge in [-0.2, -0.15) is 0 Å². The first-order valence-electron chi connectivity index (χ1n) is 11.9. The molecule has 8 nitrogen and oxygen atoms in total. The van der Waals surface area contributed by atoms with Gasteiger partial charge in [0.2, 0.25) is 0 Å². The molecule has 1 N–H and O–H groups in total. The van der Waals surface area contributed by atoms with E-state index in [1.807, 2.05) is 25.1 Å². The Hall–Kier alpha value is -4.17. The highest BCUT2D eigenvalue weighted by atomic mass is 35.5. The van der Waals surface area contributed by atoms with Crippen LogP contribution in [0.3, 0.4) is 0 Å². The van der Waals surface area contributed by atoms with Gasteiger partial charge in [0.15, 0.2) is 0 Å². The molecule has 0 saturated carbocycles. The lowest BCUT2D eigenvalue weighted by atomic mass is 9.94. The molecule has 0 radical (unpaired) electrons. The Bertz CT molecular complexity index is 1380. The topological polar surface area (TPSA) is 94.5 Å². The first-order valence-corrected chi connectivity index (χ1v) is 12.3. The minimum atomic E-state index is -0.901. The van der Waals surface area contributed by atoms with E-state index in [2.05, 4.69) is 0 Å². The smallest absolute Gasteiger partial charge is 0.295 e. The summed E-state index contributed by atoms with van der Waals surface area (Å²) in [6, 6.07) is 16.3. The van der Waals surface area contributed by atoms with E-state index in [4.69, 9.17) is 30.5 Å². The molecule has 1 aliphatic rings. The molecule has 1 atom stereocenters. The van der Waals surface area contributed by atoms with Gasteiger partial charge < -0.3 is 29.0 Å². The number of likely N-dealkylation sites (tertiary alicyclic amines) is 1. The van der Waals surface area contributed by atoms with Crippen LogP contribution < -0.4 is 18.9 Å². The average molecular weight is 538 g/mol. The second-order valence-electron chi connectivity index (χ2n) is 8.43. The minimum Gasteiger partial charge on any atom is -0.507 e. The Balaban J connectivity index is 1.91. The summed E-state index contributed by atoms with van der Waals surface area (Å²) in [5.74, 6) is -0.282. The van der Waals surface area contributed by atoms with Crippen molar-refractivity contribution < 1.29 is 33.6 Å². The third-order valence-corrected chi connectivity index (χ3v) is 6.60. The predicted molar refractivity (Wildman–Crippen MR) is 143 cm³/mol. The number of para-hydroxylation sites is 1. The molecule has 3 aromatic carbocycles. The molecule has 1 saturated heterocycles. The summed E-state index contributed by atoms with van der Waals surface area (Å²) in [7, 11) is 4.39. The van der Waals surface area contributed by atoms with Gasteiger partial charge in [0, 0.05) is 11.6 Å². The molecule has 0 spiro atoms. The molecule has 1 aliphatic heterocycles. The monoisotopic (exact) mass is 537 g/mol. The highest BCUT2D eigenvalue weighted by molar-refractivity contribution is 6.46. The molecular weight excluding hydrogens is 510 g/mol. The molecule has 0 aliphatic carbocycles. The first-order chi connectivity index (χ1) is 18.3. The van der Waals surface area contributed by atoms with Gasteiger partial charge in [0.1, 0.15) is 28.8 Å². The Morgan fingerprint density at radius 1 is 0.921 bits per heavy atom. The van der Waals surface area contributed by atoms with Crippen LogP contribution in [0.2, 0.25) is 5.02 Å². The lowest BCUT2D eigenvalue weighted by molar-refractivity contribution is -0.140. The molecule has 0 bridgehead atoms. The number of halogens is 1. The van der Waals surface area contributed by atoms with Gasteiger partial charge in [0.05, 0.1) is 56.7 Å². The number of ether oxygens (including phenoxy) is 4. The first kappa shape index (κ1) is 26.9. The predicted octanol–water partition coefficient (Wildman–Crippen LogP) is 5.39. The zero-order chi connectivity index (χ0) is 27.4. The number of hydrogen-bond acceptors (Lipinski definition) is 7. The Morgan fingerprint density at radius 3 is 2.21 bits per heavy atom. The summed E-state index contributed by atoms with van der Waals surface area (Å²) >= 11 is 6.25. The fraction of sp³-hybridized carbons (Fsp3) is 0.241. The maximum absolute atomic E-state index is 13.5. The standard InChI is InChI=1S/C29H28ClNO7/c1-5-38-19-12-10-17(11-13-19)26-25(27(32)20-14-24(37-4)21(30)15-23(20)36-3)28(33)29(34)31(26)16-18-8-6-7-9-22(18)35-2/h6-15,26,32H,5,16H2,1-4H3/b27-25+. The second kappa shape index (κ2) is 11.5. The Labute approximate surface area is 225 Å². The van der Waals surface area contributed by atoms with Crippen LogP contribution in [0, 0.1) is 0 Å². The Kier molecular flexibility index (Phi) is 8.12.